The molecule has 134 valence electrons. The lowest BCUT2D eigenvalue weighted by Crippen LogP contribution is -2.24. The number of benzene rings is 2. The SMILES string of the molecule is CNC(=O)c1cc(S(=O)(=O)NCc2ccc(OC)cc2)ccc1OC. The lowest BCUT2D eigenvalue weighted by atomic mass is 10.2. The topological polar surface area (TPSA) is 93.7 Å². The van der Waals surface area contributed by atoms with Crippen molar-refractivity contribution in [3.8, 4) is 11.5 Å². The van der Waals surface area contributed by atoms with Gasteiger partial charge in [0.05, 0.1) is 24.7 Å². The van der Waals surface area contributed by atoms with Crippen LogP contribution in [0, 0.1) is 0 Å². The minimum absolute atomic E-state index is 0.0135. The first-order valence-electron chi connectivity index (χ1n) is 7.44. The molecule has 0 fully saturated rings. The van der Waals surface area contributed by atoms with Gasteiger partial charge in [0.25, 0.3) is 5.91 Å². The van der Waals surface area contributed by atoms with Crippen LogP contribution in [0.3, 0.4) is 0 Å². The van der Waals surface area contributed by atoms with E-state index in [1.165, 1.54) is 32.4 Å². The number of carbonyl (C=O) groups excluding carboxylic acids is 1. The number of ether oxygens (including phenoxy) is 2. The number of amides is 1. The Morgan fingerprint density at radius 3 is 2.28 bits per heavy atom. The largest absolute Gasteiger partial charge is 0.497 e. The molecule has 0 aliphatic rings. The van der Waals surface area contributed by atoms with E-state index in [0.29, 0.717) is 11.5 Å². The minimum Gasteiger partial charge on any atom is -0.497 e. The zero-order chi connectivity index (χ0) is 18.4. The van der Waals surface area contributed by atoms with Crippen LogP contribution in [-0.4, -0.2) is 35.6 Å². The quantitative estimate of drug-likeness (QED) is 0.777. The third-order valence-corrected chi connectivity index (χ3v) is 4.98. The molecule has 0 aliphatic carbocycles. The third kappa shape index (κ3) is 4.49. The maximum absolute atomic E-state index is 12.5. The Bertz CT molecular complexity index is 848. The van der Waals surface area contributed by atoms with Gasteiger partial charge in [-0.25, -0.2) is 13.1 Å². The van der Waals surface area contributed by atoms with Gasteiger partial charge in [-0.15, -0.1) is 0 Å². The fourth-order valence-electron chi connectivity index (χ4n) is 2.17. The molecular weight excluding hydrogens is 344 g/mol. The van der Waals surface area contributed by atoms with Gasteiger partial charge in [0, 0.05) is 13.6 Å². The predicted molar refractivity (Wildman–Crippen MR) is 93.4 cm³/mol. The second-order valence-corrected chi connectivity index (χ2v) is 6.88. The molecule has 0 aromatic heterocycles. The van der Waals surface area contributed by atoms with Gasteiger partial charge in [0.2, 0.25) is 10.0 Å². The molecule has 2 N–H and O–H groups in total. The summed E-state index contributed by atoms with van der Waals surface area (Å²) >= 11 is 0. The number of rotatable bonds is 7. The van der Waals surface area contributed by atoms with Gasteiger partial charge in [0.15, 0.2) is 0 Å². The Morgan fingerprint density at radius 2 is 1.72 bits per heavy atom. The molecule has 0 radical (unpaired) electrons. The first kappa shape index (κ1) is 18.8. The van der Waals surface area contributed by atoms with Crippen LogP contribution < -0.4 is 19.5 Å². The number of sulfonamides is 1. The summed E-state index contributed by atoms with van der Waals surface area (Å²) in [5.74, 6) is 0.564. The average molecular weight is 364 g/mol. The fourth-order valence-corrected chi connectivity index (χ4v) is 3.21. The van der Waals surface area contributed by atoms with E-state index in [1.807, 2.05) is 0 Å². The number of carbonyl (C=O) groups is 1. The molecule has 0 atom stereocenters. The number of hydrogen-bond donors (Lipinski definition) is 2. The van der Waals surface area contributed by atoms with Gasteiger partial charge in [-0.2, -0.15) is 0 Å². The van der Waals surface area contributed by atoms with E-state index in [-0.39, 0.29) is 17.0 Å². The van der Waals surface area contributed by atoms with E-state index in [2.05, 4.69) is 10.0 Å². The van der Waals surface area contributed by atoms with Gasteiger partial charge < -0.3 is 14.8 Å². The second-order valence-electron chi connectivity index (χ2n) is 5.11. The lowest BCUT2D eigenvalue weighted by molar-refractivity contribution is 0.0960. The van der Waals surface area contributed by atoms with E-state index in [1.54, 1.807) is 31.4 Å². The molecule has 0 bridgehead atoms. The molecular formula is C17H20N2O5S. The standard InChI is InChI=1S/C17H20N2O5S/c1-18-17(20)15-10-14(8-9-16(15)24-3)25(21,22)19-11-12-4-6-13(23-2)7-5-12/h4-10,19H,11H2,1-3H3,(H,18,20). The Kier molecular flexibility index (Phi) is 6.00. The molecule has 8 heteroatoms. The molecule has 0 aliphatic heterocycles. The van der Waals surface area contributed by atoms with Crippen LogP contribution in [0.25, 0.3) is 0 Å². The lowest BCUT2D eigenvalue weighted by Gasteiger charge is -2.11. The monoisotopic (exact) mass is 364 g/mol. The van der Waals surface area contributed by atoms with E-state index < -0.39 is 15.9 Å². The van der Waals surface area contributed by atoms with Crippen molar-refractivity contribution in [1.82, 2.24) is 10.0 Å². The van der Waals surface area contributed by atoms with Crippen molar-refractivity contribution >= 4 is 15.9 Å². The van der Waals surface area contributed by atoms with Crippen molar-refractivity contribution in [2.75, 3.05) is 21.3 Å². The summed E-state index contributed by atoms with van der Waals surface area (Å²) in [4.78, 5) is 11.9. The van der Waals surface area contributed by atoms with E-state index >= 15 is 0 Å². The molecule has 0 saturated heterocycles. The Balaban J connectivity index is 2.22. The van der Waals surface area contributed by atoms with Crippen LogP contribution in [-0.2, 0) is 16.6 Å². The summed E-state index contributed by atoms with van der Waals surface area (Å²) in [5, 5.41) is 2.46. The summed E-state index contributed by atoms with van der Waals surface area (Å²) < 4.78 is 37.6. The fraction of sp³-hybridized carbons (Fsp3) is 0.235. The van der Waals surface area contributed by atoms with Crippen molar-refractivity contribution in [2.45, 2.75) is 11.4 Å². The van der Waals surface area contributed by atoms with Crippen molar-refractivity contribution in [3.63, 3.8) is 0 Å². The Labute approximate surface area is 147 Å². The van der Waals surface area contributed by atoms with Gasteiger partial charge in [-0.1, -0.05) is 12.1 Å². The molecule has 0 unspecified atom stereocenters. The summed E-state index contributed by atoms with van der Waals surface area (Å²) in [7, 11) is 0.658. The van der Waals surface area contributed by atoms with Gasteiger partial charge in [-0.3, -0.25) is 4.79 Å². The van der Waals surface area contributed by atoms with Gasteiger partial charge in [-0.05, 0) is 35.9 Å². The predicted octanol–water partition coefficient (Wildman–Crippen LogP) is 1.54. The summed E-state index contributed by atoms with van der Waals surface area (Å²) in [6.07, 6.45) is 0. The van der Waals surface area contributed by atoms with Crippen molar-refractivity contribution in [2.24, 2.45) is 0 Å². The highest BCUT2D eigenvalue weighted by molar-refractivity contribution is 7.89. The summed E-state index contributed by atoms with van der Waals surface area (Å²) in [5.41, 5.74) is 0.932. The summed E-state index contributed by atoms with van der Waals surface area (Å²) in [6.45, 7) is 0.119. The second kappa shape index (κ2) is 8.00. The molecule has 0 saturated carbocycles. The maximum atomic E-state index is 12.5. The number of methoxy groups -OCH3 is 2. The van der Waals surface area contributed by atoms with Crippen LogP contribution in [0.2, 0.25) is 0 Å². The number of hydrogen-bond acceptors (Lipinski definition) is 5. The number of nitrogens with one attached hydrogen (secondary N) is 2. The molecule has 7 nitrogen and oxygen atoms in total. The van der Waals surface area contributed by atoms with Crippen molar-refractivity contribution in [1.29, 1.82) is 0 Å². The van der Waals surface area contributed by atoms with Gasteiger partial charge in [0.1, 0.15) is 11.5 Å². The van der Waals surface area contributed by atoms with Crippen LogP contribution in [0.5, 0.6) is 11.5 Å². The first-order valence-corrected chi connectivity index (χ1v) is 8.92. The van der Waals surface area contributed by atoms with Crippen LogP contribution in [0.4, 0.5) is 0 Å². The summed E-state index contributed by atoms with van der Waals surface area (Å²) in [6, 6.07) is 11.2. The highest BCUT2D eigenvalue weighted by Gasteiger charge is 2.19. The van der Waals surface area contributed by atoms with Crippen LogP contribution in [0.15, 0.2) is 47.4 Å². The van der Waals surface area contributed by atoms with E-state index in [9.17, 15) is 13.2 Å². The van der Waals surface area contributed by atoms with Crippen molar-refractivity contribution < 1.29 is 22.7 Å². The molecule has 2 aromatic carbocycles. The van der Waals surface area contributed by atoms with Crippen LogP contribution in [0.1, 0.15) is 15.9 Å². The Hall–Kier alpha value is -2.58. The van der Waals surface area contributed by atoms with Gasteiger partial charge >= 0.3 is 0 Å². The molecule has 0 spiro atoms. The smallest absolute Gasteiger partial charge is 0.254 e. The first-order chi connectivity index (χ1) is 11.9. The normalized spacial score (nSPS) is 11.0. The highest BCUT2D eigenvalue weighted by Crippen LogP contribution is 2.22. The zero-order valence-electron chi connectivity index (χ0n) is 14.2. The molecule has 0 heterocycles. The molecule has 2 rings (SSSR count). The minimum atomic E-state index is -3.78. The van der Waals surface area contributed by atoms with Crippen molar-refractivity contribution in [3.05, 3.63) is 53.6 Å². The zero-order valence-corrected chi connectivity index (χ0v) is 15.0. The average Bonchev–Trinajstić information content (AvgIpc) is 2.65. The van der Waals surface area contributed by atoms with E-state index in [4.69, 9.17) is 9.47 Å². The molecule has 25 heavy (non-hydrogen) atoms. The highest BCUT2D eigenvalue weighted by atomic mass is 32.2. The molecule has 2 aromatic rings. The van der Waals surface area contributed by atoms with Crippen LogP contribution >= 0.6 is 0 Å². The third-order valence-electron chi connectivity index (χ3n) is 3.58. The maximum Gasteiger partial charge on any atom is 0.254 e. The van der Waals surface area contributed by atoms with E-state index in [0.717, 1.165) is 5.56 Å². The Morgan fingerprint density at radius 1 is 1.04 bits per heavy atom. The molecule has 1 amide bonds.